The van der Waals surface area contributed by atoms with Gasteiger partial charge in [-0.3, -0.25) is 9.78 Å². The fourth-order valence-electron chi connectivity index (χ4n) is 2.35. The summed E-state index contributed by atoms with van der Waals surface area (Å²) in [7, 11) is 0. The fraction of sp³-hybridized carbons (Fsp3) is 0.400. The SMILES string of the molecule is Cc1cc(C(=O)N[C@H](c2ncccc2C)C2CC2)on1. The maximum atomic E-state index is 12.2. The van der Waals surface area contributed by atoms with Gasteiger partial charge in [-0.15, -0.1) is 0 Å². The van der Waals surface area contributed by atoms with Crippen molar-refractivity contribution in [2.24, 2.45) is 5.92 Å². The number of hydrogen-bond acceptors (Lipinski definition) is 4. The molecule has 2 aromatic heterocycles. The minimum absolute atomic E-state index is 0.0471. The zero-order chi connectivity index (χ0) is 14.1. The first-order chi connectivity index (χ1) is 9.65. The molecule has 2 aromatic rings. The van der Waals surface area contributed by atoms with Gasteiger partial charge in [0, 0.05) is 12.3 Å². The monoisotopic (exact) mass is 271 g/mol. The van der Waals surface area contributed by atoms with Crippen molar-refractivity contribution in [3.63, 3.8) is 0 Å². The highest BCUT2D eigenvalue weighted by molar-refractivity contribution is 5.91. The number of rotatable bonds is 4. The number of nitrogens with zero attached hydrogens (tertiary/aromatic N) is 2. The first-order valence-electron chi connectivity index (χ1n) is 6.81. The van der Waals surface area contributed by atoms with Gasteiger partial charge in [-0.05, 0) is 44.2 Å². The second kappa shape index (κ2) is 5.07. The van der Waals surface area contributed by atoms with Crippen LogP contribution in [0.5, 0.6) is 0 Å². The summed E-state index contributed by atoms with van der Waals surface area (Å²) in [6.45, 7) is 3.81. The number of pyridine rings is 1. The lowest BCUT2D eigenvalue weighted by Gasteiger charge is -2.18. The van der Waals surface area contributed by atoms with Gasteiger partial charge in [0.05, 0.1) is 17.4 Å². The van der Waals surface area contributed by atoms with Crippen LogP contribution in [0.2, 0.25) is 0 Å². The van der Waals surface area contributed by atoms with Crippen LogP contribution in [0.4, 0.5) is 0 Å². The first kappa shape index (κ1) is 12.8. The lowest BCUT2D eigenvalue weighted by molar-refractivity contribution is 0.0893. The Morgan fingerprint density at radius 1 is 1.45 bits per heavy atom. The number of nitrogens with one attached hydrogen (secondary N) is 1. The largest absolute Gasteiger partial charge is 0.351 e. The minimum Gasteiger partial charge on any atom is -0.351 e. The van der Waals surface area contributed by atoms with Crippen LogP contribution in [0.1, 0.15) is 46.4 Å². The molecule has 3 rings (SSSR count). The second-order valence-electron chi connectivity index (χ2n) is 5.33. The molecule has 0 bridgehead atoms. The Labute approximate surface area is 117 Å². The van der Waals surface area contributed by atoms with Crippen molar-refractivity contribution < 1.29 is 9.32 Å². The summed E-state index contributed by atoms with van der Waals surface area (Å²) in [6, 6.07) is 5.52. The van der Waals surface area contributed by atoms with E-state index >= 15 is 0 Å². The first-order valence-corrected chi connectivity index (χ1v) is 6.81. The molecule has 5 nitrogen and oxygen atoms in total. The number of amides is 1. The highest BCUT2D eigenvalue weighted by Crippen LogP contribution is 2.41. The smallest absolute Gasteiger partial charge is 0.290 e. The Morgan fingerprint density at radius 2 is 2.25 bits per heavy atom. The van der Waals surface area contributed by atoms with Crippen molar-refractivity contribution in [3.05, 3.63) is 47.1 Å². The van der Waals surface area contributed by atoms with Crippen molar-refractivity contribution in [3.8, 4) is 0 Å². The lowest BCUT2D eigenvalue weighted by atomic mass is 10.0. The maximum Gasteiger partial charge on any atom is 0.290 e. The molecule has 2 heterocycles. The van der Waals surface area contributed by atoms with Gasteiger partial charge >= 0.3 is 0 Å². The minimum atomic E-state index is -0.229. The molecule has 1 atom stereocenters. The summed E-state index contributed by atoms with van der Waals surface area (Å²) in [6.07, 6.45) is 4.01. The number of aryl methyl sites for hydroxylation is 2. The van der Waals surface area contributed by atoms with Gasteiger partial charge in [0.2, 0.25) is 5.76 Å². The number of carbonyl (C=O) groups is 1. The average Bonchev–Trinajstić information content (AvgIpc) is 3.18. The van der Waals surface area contributed by atoms with E-state index in [9.17, 15) is 4.79 Å². The van der Waals surface area contributed by atoms with Gasteiger partial charge in [0.15, 0.2) is 0 Å². The average molecular weight is 271 g/mol. The van der Waals surface area contributed by atoms with Crippen LogP contribution in [0.15, 0.2) is 28.9 Å². The molecule has 5 heteroatoms. The van der Waals surface area contributed by atoms with Gasteiger partial charge in [-0.25, -0.2) is 0 Å². The fourth-order valence-corrected chi connectivity index (χ4v) is 2.35. The number of aromatic nitrogens is 2. The number of carbonyl (C=O) groups excluding carboxylic acids is 1. The second-order valence-corrected chi connectivity index (χ2v) is 5.33. The topological polar surface area (TPSA) is 68.0 Å². The van der Waals surface area contributed by atoms with E-state index in [1.165, 1.54) is 0 Å². The summed E-state index contributed by atoms with van der Waals surface area (Å²) < 4.78 is 5.01. The van der Waals surface area contributed by atoms with Gasteiger partial charge in [-0.1, -0.05) is 11.2 Å². The van der Waals surface area contributed by atoms with E-state index in [2.05, 4.69) is 15.5 Å². The van der Waals surface area contributed by atoms with Gasteiger partial charge in [-0.2, -0.15) is 0 Å². The standard InChI is InChI=1S/C15H17N3O2/c1-9-4-3-7-16-13(9)14(11-5-6-11)17-15(19)12-8-10(2)18-20-12/h3-4,7-8,11,14H,5-6H2,1-2H3,(H,17,19)/t14-/m0/s1. The van der Waals surface area contributed by atoms with E-state index in [0.717, 1.165) is 24.1 Å². The molecule has 1 amide bonds. The zero-order valence-corrected chi connectivity index (χ0v) is 11.6. The Kier molecular flexibility index (Phi) is 3.26. The summed E-state index contributed by atoms with van der Waals surface area (Å²) in [5, 5.41) is 6.77. The van der Waals surface area contributed by atoms with Crippen molar-refractivity contribution in [1.82, 2.24) is 15.5 Å². The van der Waals surface area contributed by atoms with Crippen LogP contribution in [0.3, 0.4) is 0 Å². The van der Waals surface area contributed by atoms with Gasteiger partial charge < -0.3 is 9.84 Å². The summed E-state index contributed by atoms with van der Waals surface area (Å²) in [5.41, 5.74) is 2.74. The summed E-state index contributed by atoms with van der Waals surface area (Å²) in [5.74, 6) is 0.492. The Hall–Kier alpha value is -2.17. The molecule has 1 aliphatic carbocycles. The predicted molar refractivity (Wildman–Crippen MR) is 73.1 cm³/mol. The van der Waals surface area contributed by atoms with Crippen LogP contribution >= 0.6 is 0 Å². The van der Waals surface area contributed by atoms with Gasteiger partial charge in [0.25, 0.3) is 5.91 Å². The van der Waals surface area contributed by atoms with Crippen molar-refractivity contribution in [1.29, 1.82) is 0 Å². The van der Waals surface area contributed by atoms with E-state index in [1.54, 1.807) is 19.2 Å². The molecule has 0 aromatic carbocycles. The third kappa shape index (κ3) is 2.57. The van der Waals surface area contributed by atoms with E-state index in [0.29, 0.717) is 11.6 Å². The molecular formula is C15H17N3O2. The third-order valence-corrected chi connectivity index (χ3v) is 3.58. The van der Waals surface area contributed by atoms with Crippen molar-refractivity contribution in [2.75, 3.05) is 0 Å². The quantitative estimate of drug-likeness (QED) is 0.928. The van der Waals surface area contributed by atoms with E-state index in [1.807, 2.05) is 19.1 Å². The van der Waals surface area contributed by atoms with Crippen LogP contribution in [-0.2, 0) is 0 Å². The highest BCUT2D eigenvalue weighted by atomic mass is 16.5. The molecule has 1 fully saturated rings. The normalized spacial score (nSPS) is 15.9. The Balaban J connectivity index is 1.82. The van der Waals surface area contributed by atoms with Crippen LogP contribution < -0.4 is 5.32 Å². The number of hydrogen-bond donors (Lipinski definition) is 1. The summed E-state index contributed by atoms with van der Waals surface area (Å²) >= 11 is 0. The molecule has 0 aliphatic heterocycles. The molecular weight excluding hydrogens is 254 g/mol. The molecule has 0 spiro atoms. The van der Waals surface area contributed by atoms with Crippen LogP contribution in [0, 0.1) is 19.8 Å². The van der Waals surface area contributed by atoms with Crippen LogP contribution in [0.25, 0.3) is 0 Å². The van der Waals surface area contributed by atoms with Gasteiger partial charge in [0.1, 0.15) is 0 Å². The summed E-state index contributed by atoms with van der Waals surface area (Å²) in [4.78, 5) is 16.6. The molecule has 0 radical (unpaired) electrons. The zero-order valence-electron chi connectivity index (χ0n) is 11.6. The van der Waals surface area contributed by atoms with Crippen molar-refractivity contribution in [2.45, 2.75) is 32.7 Å². The van der Waals surface area contributed by atoms with E-state index in [4.69, 9.17) is 4.52 Å². The highest BCUT2D eigenvalue weighted by Gasteiger charge is 2.35. The molecule has 1 N–H and O–H groups in total. The molecule has 20 heavy (non-hydrogen) atoms. The molecule has 1 saturated carbocycles. The predicted octanol–water partition coefficient (Wildman–Crippen LogP) is 2.57. The van der Waals surface area contributed by atoms with E-state index < -0.39 is 0 Å². The third-order valence-electron chi connectivity index (χ3n) is 3.58. The maximum absolute atomic E-state index is 12.2. The van der Waals surface area contributed by atoms with E-state index in [-0.39, 0.29) is 17.7 Å². The molecule has 104 valence electrons. The lowest BCUT2D eigenvalue weighted by Crippen LogP contribution is -2.30. The molecule has 0 unspecified atom stereocenters. The molecule has 1 aliphatic rings. The Morgan fingerprint density at radius 3 is 2.85 bits per heavy atom. The molecule has 0 saturated heterocycles. The van der Waals surface area contributed by atoms with Crippen molar-refractivity contribution >= 4 is 5.91 Å². The van der Waals surface area contributed by atoms with Crippen LogP contribution in [-0.4, -0.2) is 16.0 Å². The Bertz CT molecular complexity index is 632.